The zero-order valence-corrected chi connectivity index (χ0v) is 13.5. The summed E-state index contributed by atoms with van der Waals surface area (Å²) in [7, 11) is 0. The lowest BCUT2D eigenvalue weighted by atomic mass is 10.0. The Kier molecular flexibility index (Phi) is 6.07. The van der Waals surface area contributed by atoms with E-state index in [1.54, 1.807) is 6.92 Å². The lowest BCUT2D eigenvalue weighted by Crippen LogP contribution is -2.25. The lowest BCUT2D eigenvalue weighted by molar-refractivity contribution is -0.141. The summed E-state index contributed by atoms with van der Waals surface area (Å²) < 4.78 is 39.0. The second-order valence-corrected chi connectivity index (χ2v) is 6.28. The predicted octanol–water partition coefficient (Wildman–Crippen LogP) is 3.69. The highest BCUT2D eigenvalue weighted by molar-refractivity contribution is 5.75. The molecule has 0 aromatic carbocycles. The number of aryl methyl sites for hydroxylation is 2. The molecule has 1 aromatic rings. The van der Waals surface area contributed by atoms with Crippen molar-refractivity contribution in [3.63, 3.8) is 0 Å². The molecule has 0 atom stereocenters. The van der Waals surface area contributed by atoms with E-state index in [-0.39, 0.29) is 5.91 Å². The standard InChI is InChI=1S/C16H24F3N3O/c1-12-11-14(16(17,18)19)21-22(12)10-4-9-20-15(23)8-7-13-5-2-3-6-13/h11,13H,2-10H2,1H3,(H,20,23). The monoisotopic (exact) mass is 331 g/mol. The van der Waals surface area contributed by atoms with Gasteiger partial charge in [-0.15, -0.1) is 0 Å². The summed E-state index contributed by atoms with van der Waals surface area (Å²) in [5.41, 5.74) is -0.388. The molecule has 0 aliphatic heterocycles. The Balaban J connectivity index is 1.65. The van der Waals surface area contributed by atoms with Gasteiger partial charge in [0.1, 0.15) is 0 Å². The van der Waals surface area contributed by atoms with Crippen LogP contribution in [0.2, 0.25) is 0 Å². The van der Waals surface area contributed by atoms with Gasteiger partial charge in [-0.1, -0.05) is 25.7 Å². The van der Waals surface area contributed by atoms with E-state index in [2.05, 4.69) is 10.4 Å². The molecule has 130 valence electrons. The summed E-state index contributed by atoms with van der Waals surface area (Å²) in [5.74, 6) is 0.721. The number of nitrogens with one attached hydrogen (secondary N) is 1. The van der Waals surface area contributed by atoms with E-state index in [9.17, 15) is 18.0 Å². The van der Waals surface area contributed by atoms with Crippen LogP contribution in [0.4, 0.5) is 13.2 Å². The fraction of sp³-hybridized carbons (Fsp3) is 0.750. The Labute approximate surface area is 134 Å². The van der Waals surface area contributed by atoms with Crippen LogP contribution in [-0.2, 0) is 17.5 Å². The molecule has 7 heteroatoms. The molecule has 4 nitrogen and oxygen atoms in total. The van der Waals surface area contributed by atoms with Crippen LogP contribution in [0.15, 0.2) is 6.07 Å². The van der Waals surface area contributed by atoms with Crippen molar-refractivity contribution in [2.45, 2.75) is 64.6 Å². The average molecular weight is 331 g/mol. The molecule has 0 radical (unpaired) electrons. The molecule has 0 unspecified atom stereocenters. The van der Waals surface area contributed by atoms with Crippen LogP contribution in [0.25, 0.3) is 0 Å². The average Bonchev–Trinajstić information content (AvgIpc) is 3.10. The minimum Gasteiger partial charge on any atom is -0.356 e. The first kappa shape index (κ1) is 17.8. The predicted molar refractivity (Wildman–Crippen MR) is 80.8 cm³/mol. The van der Waals surface area contributed by atoms with E-state index in [0.717, 1.165) is 12.5 Å². The maximum absolute atomic E-state index is 12.6. The van der Waals surface area contributed by atoms with E-state index in [4.69, 9.17) is 0 Å². The highest BCUT2D eigenvalue weighted by Gasteiger charge is 2.34. The largest absolute Gasteiger partial charge is 0.435 e. The van der Waals surface area contributed by atoms with Crippen LogP contribution >= 0.6 is 0 Å². The number of amides is 1. The molecular weight excluding hydrogens is 307 g/mol. The third-order valence-corrected chi connectivity index (χ3v) is 4.39. The zero-order chi connectivity index (χ0) is 16.9. The van der Waals surface area contributed by atoms with Gasteiger partial charge in [-0.2, -0.15) is 18.3 Å². The molecule has 1 fully saturated rings. The highest BCUT2D eigenvalue weighted by atomic mass is 19.4. The lowest BCUT2D eigenvalue weighted by Gasteiger charge is -2.09. The van der Waals surface area contributed by atoms with Gasteiger partial charge < -0.3 is 5.32 Å². The van der Waals surface area contributed by atoms with Crippen LogP contribution < -0.4 is 5.32 Å². The minimum atomic E-state index is -4.41. The molecule has 1 heterocycles. The number of halogens is 3. The van der Waals surface area contributed by atoms with Gasteiger partial charge in [0.15, 0.2) is 5.69 Å². The molecule has 1 aliphatic carbocycles. The number of carbonyl (C=O) groups is 1. The van der Waals surface area contributed by atoms with E-state index >= 15 is 0 Å². The summed E-state index contributed by atoms with van der Waals surface area (Å²) in [6.45, 7) is 2.43. The quantitative estimate of drug-likeness (QED) is 0.775. The summed E-state index contributed by atoms with van der Waals surface area (Å²) in [6, 6.07) is 1.04. The Morgan fingerprint density at radius 3 is 2.70 bits per heavy atom. The molecule has 23 heavy (non-hydrogen) atoms. The maximum atomic E-state index is 12.6. The Hall–Kier alpha value is -1.53. The number of aromatic nitrogens is 2. The van der Waals surface area contributed by atoms with Crippen molar-refractivity contribution < 1.29 is 18.0 Å². The van der Waals surface area contributed by atoms with Crippen LogP contribution in [0.3, 0.4) is 0 Å². The first-order valence-corrected chi connectivity index (χ1v) is 8.24. The van der Waals surface area contributed by atoms with Gasteiger partial charge in [0, 0.05) is 25.2 Å². The Morgan fingerprint density at radius 1 is 1.39 bits per heavy atom. The molecule has 1 aromatic heterocycles. The SMILES string of the molecule is Cc1cc(C(F)(F)F)nn1CCCNC(=O)CCC1CCCC1. The topological polar surface area (TPSA) is 46.9 Å². The van der Waals surface area contributed by atoms with E-state index < -0.39 is 11.9 Å². The maximum Gasteiger partial charge on any atom is 0.435 e. The third-order valence-electron chi connectivity index (χ3n) is 4.39. The number of rotatable bonds is 7. The molecule has 1 amide bonds. The molecule has 0 spiro atoms. The number of alkyl halides is 3. The number of nitrogens with zero attached hydrogens (tertiary/aromatic N) is 2. The van der Waals surface area contributed by atoms with Gasteiger partial charge in [0.25, 0.3) is 0 Å². The van der Waals surface area contributed by atoms with Crippen molar-refractivity contribution in [3.05, 3.63) is 17.5 Å². The second kappa shape index (κ2) is 7.84. The van der Waals surface area contributed by atoms with Crippen molar-refractivity contribution in [1.82, 2.24) is 15.1 Å². The fourth-order valence-electron chi connectivity index (χ4n) is 3.05. The van der Waals surface area contributed by atoms with E-state index in [0.29, 0.717) is 37.5 Å². The van der Waals surface area contributed by atoms with Gasteiger partial charge in [0.05, 0.1) is 0 Å². The second-order valence-electron chi connectivity index (χ2n) is 6.28. The first-order chi connectivity index (χ1) is 10.9. The molecular formula is C16H24F3N3O. The normalized spacial score (nSPS) is 16.0. The van der Waals surface area contributed by atoms with Crippen LogP contribution in [0.5, 0.6) is 0 Å². The number of carbonyl (C=O) groups excluding carboxylic acids is 1. The summed E-state index contributed by atoms with van der Waals surface area (Å²) in [4.78, 5) is 11.7. The van der Waals surface area contributed by atoms with Crippen molar-refractivity contribution in [3.8, 4) is 0 Å². The summed E-state index contributed by atoms with van der Waals surface area (Å²) in [5, 5.41) is 6.40. The molecule has 0 saturated heterocycles. The van der Waals surface area contributed by atoms with Crippen LogP contribution in [0, 0.1) is 12.8 Å². The van der Waals surface area contributed by atoms with Crippen molar-refractivity contribution in [1.29, 1.82) is 0 Å². The Bertz CT molecular complexity index is 519. The number of hydrogen-bond acceptors (Lipinski definition) is 2. The highest BCUT2D eigenvalue weighted by Crippen LogP contribution is 2.29. The van der Waals surface area contributed by atoms with Gasteiger partial charge in [-0.05, 0) is 31.7 Å². The summed E-state index contributed by atoms with van der Waals surface area (Å²) in [6.07, 6.45) is 2.65. The van der Waals surface area contributed by atoms with Crippen molar-refractivity contribution >= 4 is 5.91 Å². The molecule has 2 rings (SSSR count). The van der Waals surface area contributed by atoms with Crippen molar-refractivity contribution in [2.24, 2.45) is 5.92 Å². The van der Waals surface area contributed by atoms with Crippen LogP contribution in [-0.4, -0.2) is 22.2 Å². The molecule has 1 saturated carbocycles. The fourth-order valence-corrected chi connectivity index (χ4v) is 3.05. The van der Waals surface area contributed by atoms with Gasteiger partial charge in [0.2, 0.25) is 5.91 Å². The first-order valence-electron chi connectivity index (χ1n) is 8.24. The molecule has 1 N–H and O–H groups in total. The number of hydrogen-bond donors (Lipinski definition) is 1. The molecule has 1 aliphatic rings. The van der Waals surface area contributed by atoms with Gasteiger partial charge >= 0.3 is 6.18 Å². The zero-order valence-electron chi connectivity index (χ0n) is 13.5. The smallest absolute Gasteiger partial charge is 0.356 e. The molecule has 0 bridgehead atoms. The summed E-state index contributed by atoms with van der Waals surface area (Å²) >= 11 is 0. The van der Waals surface area contributed by atoms with E-state index in [1.165, 1.54) is 30.4 Å². The van der Waals surface area contributed by atoms with Gasteiger partial charge in [-0.25, -0.2) is 0 Å². The minimum absolute atomic E-state index is 0.0325. The Morgan fingerprint density at radius 2 is 2.09 bits per heavy atom. The van der Waals surface area contributed by atoms with Gasteiger partial charge in [-0.3, -0.25) is 9.48 Å². The van der Waals surface area contributed by atoms with Crippen molar-refractivity contribution in [2.75, 3.05) is 6.54 Å². The third kappa shape index (κ3) is 5.55. The van der Waals surface area contributed by atoms with E-state index in [1.807, 2.05) is 0 Å². The van der Waals surface area contributed by atoms with Crippen LogP contribution in [0.1, 0.15) is 56.3 Å².